The molecular formula is C26H35N3O2. The molecule has 0 aliphatic heterocycles. The molecule has 1 saturated carbocycles. The second-order valence-corrected chi connectivity index (χ2v) is 10.2. The quantitative estimate of drug-likeness (QED) is 0.484. The Kier molecular flexibility index (Phi) is 6.22. The number of nitrogens with zero attached hydrogens (tertiary/aromatic N) is 1. The zero-order chi connectivity index (χ0) is 22.0. The number of anilines is 2. The van der Waals surface area contributed by atoms with Crippen molar-refractivity contribution < 1.29 is 9.53 Å². The minimum absolute atomic E-state index is 0.175. The van der Waals surface area contributed by atoms with Crippen LogP contribution in [0.5, 0.6) is 0 Å². The number of nitrogens with one attached hydrogen (secondary N) is 1. The van der Waals surface area contributed by atoms with Crippen molar-refractivity contribution in [2.24, 2.45) is 11.3 Å². The largest absolute Gasteiger partial charge is 0.465 e. The minimum Gasteiger partial charge on any atom is -0.465 e. The molecule has 2 aliphatic rings. The SMILES string of the molecule is Cc1ccc(NC2CCCc3cc(CC(=O)OCC4CCC(C)(C)C4)c(N)cc32)nc1. The summed E-state index contributed by atoms with van der Waals surface area (Å²) in [7, 11) is 0. The Balaban J connectivity index is 1.40. The highest BCUT2D eigenvalue weighted by Crippen LogP contribution is 2.41. The van der Waals surface area contributed by atoms with Gasteiger partial charge in [0.1, 0.15) is 5.82 Å². The van der Waals surface area contributed by atoms with E-state index in [-0.39, 0.29) is 18.4 Å². The van der Waals surface area contributed by atoms with Gasteiger partial charge < -0.3 is 15.8 Å². The first-order chi connectivity index (χ1) is 14.8. The van der Waals surface area contributed by atoms with E-state index in [2.05, 4.69) is 36.3 Å². The van der Waals surface area contributed by atoms with Gasteiger partial charge in [-0.25, -0.2) is 4.98 Å². The van der Waals surface area contributed by atoms with Gasteiger partial charge in [0.15, 0.2) is 0 Å². The van der Waals surface area contributed by atoms with Gasteiger partial charge in [0.2, 0.25) is 0 Å². The average molecular weight is 422 g/mol. The smallest absolute Gasteiger partial charge is 0.310 e. The number of ether oxygens (including phenoxy) is 1. The molecule has 2 atom stereocenters. The van der Waals surface area contributed by atoms with Crippen molar-refractivity contribution in [3.05, 3.63) is 52.7 Å². The zero-order valence-electron chi connectivity index (χ0n) is 19.0. The van der Waals surface area contributed by atoms with Crippen LogP contribution in [0.4, 0.5) is 11.5 Å². The summed E-state index contributed by atoms with van der Waals surface area (Å²) in [6, 6.07) is 8.43. The molecule has 2 unspecified atom stereocenters. The van der Waals surface area contributed by atoms with Gasteiger partial charge >= 0.3 is 5.97 Å². The topological polar surface area (TPSA) is 77.2 Å². The van der Waals surface area contributed by atoms with Crippen LogP contribution in [-0.4, -0.2) is 17.6 Å². The van der Waals surface area contributed by atoms with E-state index in [1.807, 2.05) is 25.3 Å². The number of esters is 1. The Bertz CT molecular complexity index is 936. The van der Waals surface area contributed by atoms with Crippen molar-refractivity contribution in [2.45, 2.75) is 71.8 Å². The molecular weight excluding hydrogens is 386 g/mol. The highest BCUT2D eigenvalue weighted by Gasteiger charge is 2.31. The zero-order valence-corrected chi connectivity index (χ0v) is 19.0. The van der Waals surface area contributed by atoms with Crippen LogP contribution in [0.1, 0.15) is 74.2 Å². The summed E-state index contributed by atoms with van der Waals surface area (Å²) in [6.45, 7) is 7.15. The summed E-state index contributed by atoms with van der Waals surface area (Å²) in [5.41, 5.74) is 11.9. The van der Waals surface area contributed by atoms with Gasteiger partial charge in [-0.15, -0.1) is 0 Å². The molecule has 5 nitrogen and oxygen atoms in total. The fourth-order valence-corrected chi connectivity index (χ4v) is 5.10. The Hall–Kier alpha value is -2.56. The third-order valence-corrected chi connectivity index (χ3v) is 6.83. The molecule has 1 aromatic heterocycles. The lowest BCUT2D eigenvalue weighted by Gasteiger charge is -2.28. The van der Waals surface area contributed by atoms with Crippen molar-refractivity contribution in [1.29, 1.82) is 0 Å². The number of carbonyl (C=O) groups excluding carboxylic acids is 1. The van der Waals surface area contributed by atoms with Crippen molar-refractivity contribution in [3.8, 4) is 0 Å². The van der Waals surface area contributed by atoms with Crippen LogP contribution in [0, 0.1) is 18.3 Å². The normalized spacial score (nSPS) is 22.0. The van der Waals surface area contributed by atoms with Gasteiger partial charge in [0, 0.05) is 11.9 Å². The number of nitrogen functional groups attached to an aromatic ring is 1. The van der Waals surface area contributed by atoms with E-state index >= 15 is 0 Å². The van der Waals surface area contributed by atoms with E-state index in [1.165, 1.54) is 17.5 Å². The van der Waals surface area contributed by atoms with E-state index in [4.69, 9.17) is 10.5 Å². The summed E-state index contributed by atoms with van der Waals surface area (Å²) in [6.07, 6.45) is 8.75. The predicted molar refractivity (Wildman–Crippen MR) is 125 cm³/mol. The third-order valence-electron chi connectivity index (χ3n) is 6.83. The summed E-state index contributed by atoms with van der Waals surface area (Å²) >= 11 is 0. The number of nitrogens with two attached hydrogens (primary N) is 1. The van der Waals surface area contributed by atoms with E-state index in [0.29, 0.717) is 23.6 Å². The highest BCUT2D eigenvalue weighted by atomic mass is 16.5. The molecule has 0 spiro atoms. The predicted octanol–water partition coefficient (Wildman–Crippen LogP) is 5.37. The lowest BCUT2D eigenvalue weighted by Crippen LogP contribution is -2.20. The van der Waals surface area contributed by atoms with Crippen molar-refractivity contribution in [3.63, 3.8) is 0 Å². The van der Waals surface area contributed by atoms with Gasteiger partial charge in [-0.05, 0) is 91.2 Å². The van der Waals surface area contributed by atoms with Crippen LogP contribution >= 0.6 is 0 Å². The molecule has 3 N–H and O–H groups in total. The average Bonchev–Trinajstić information content (AvgIpc) is 3.08. The van der Waals surface area contributed by atoms with E-state index in [0.717, 1.165) is 49.0 Å². The number of pyridine rings is 1. The maximum absolute atomic E-state index is 12.5. The van der Waals surface area contributed by atoms with Gasteiger partial charge in [0.05, 0.1) is 19.1 Å². The first kappa shape index (κ1) is 21.7. The molecule has 2 aliphatic carbocycles. The molecule has 0 bridgehead atoms. The van der Waals surface area contributed by atoms with E-state index < -0.39 is 0 Å². The van der Waals surface area contributed by atoms with Gasteiger partial charge in [-0.3, -0.25) is 4.79 Å². The molecule has 5 heteroatoms. The second-order valence-electron chi connectivity index (χ2n) is 10.2. The maximum Gasteiger partial charge on any atom is 0.310 e. The number of hydrogen-bond donors (Lipinski definition) is 2. The van der Waals surface area contributed by atoms with Crippen LogP contribution < -0.4 is 11.1 Å². The molecule has 1 heterocycles. The van der Waals surface area contributed by atoms with Crippen molar-refractivity contribution in [2.75, 3.05) is 17.7 Å². The number of benzene rings is 1. The Morgan fingerprint density at radius 2 is 2.13 bits per heavy atom. The van der Waals surface area contributed by atoms with Crippen LogP contribution in [-0.2, 0) is 22.4 Å². The van der Waals surface area contributed by atoms with Crippen molar-refractivity contribution >= 4 is 17.5 Å². The first-order valence-electron chi connectivity index (χ1n) is 11.5. The standard InChI is InChI=1S/C26H35N3O2/c1-17-7-8-24(28-15-17)29-23-6-4-5-19-11-20(22(27)13-21(19)23)12-25(30)31-16-18-9-10-26(2,3)14-18/h7-8,11,13,15,18,23H,4-6,9-10,12,14,16,27H2,1-3H3,(H,28,29). The highest BCUT2D eigenvalue weighted by molar-refractivity contribution is 5.75. The molecule has 0 saturated heterocycles. The number of aryl methyl sites for hydroxylation is 2. The first-order valence-corrected chi connectivity index (χ1v) is 11.5. The Labute approximate surface area is 185 Å². The Morgan fingerprint density at radius 1 is 1.29 bits per heavy atom. The lowest BCUT2D eigenvalue weighted by atomic mass is 9.85. The van der Waals surface area contributed by atoms with Crippen LogP contribution in [0.25, 0.3) is 0 Å². The summed E-state index contributed by atoms with van der Waals surface area (Å²) in [5, 5.41) is 3.55. The van der Waals surface area contributed by atoms with Crippen LogP contribution in [0.15, 0.2) is 30.5 Å². The number of fused-ring (bicyclic) bond motifs is 1. The van der Waals surface area contributed by atoms with E-state index in [1.54, 1.807) is 0 Å². The monoisotopic (exact) mass is 421 g/mol. The maximum atomic E-state index is 12.5. The summed E-state index contributed by atoms with van der Waals surface area (Å²) in [4.78, 5) is 17.0. The number of hydrogen-bond acceptors (Lipinski definition) is 5. The lowest BCUT2D eigenvalue weighted by molar-refractivity contribution is -0.144. The van der Waals surface area contributed by atoms with Crippen LogP contribution in [0.2, 0.25) is 0 Å². The number of rotatable bonds is 6. The summed E-state index contributed by atoms with van der Waals surface area (Å²) in [5.74, 6) is 1.19. The second kappa shape index (κ2) is 8.89. The fraction of sp³-hybridized carbons (Fsp3) is 0.538. The summed E-state index contributed by atoms with van der Waals surface area (Å²) < 4.78 is 5.62. The Morgan fingerprint density at radius 3 is 2.84 bits per heavy atom. The van der Waals surface area contributed by atoms with Gasteiger partial charge in [-0.2, -0.15) is 0 Å². The van der Waals surface area contributed by atoms with Gasteiger partial charge in [0.25, 0.3) is 0 Å². The molecule has 1 aromatic carbocycles. The number of aromatic nitrogens is 1. The van der Waals surface area contributed by atoms with Gasteiger partial charge in [-0.1, -0.05) is 26.0 Å². The van der Waals surface area contributed by atoms with Crippen molar-refractivity contribution in [1.82, 2.24) is 4.98 Å². The molecule has 2 aromatic rings. The molecule has 1 fully saturated rings. The molecule has 31 heavy (non-hydrogen) atoms. The fourth-order valence-electron chi connectivity index (χ4n) is 5.10. The third kappa shape index (κ3) is 5.38. The van der Waals surface area contributed by atoms with Crippen LogP contribution in [0.3, 0.4) is 0 Å². The number of carbonyl (C=O) groups is 1. The molecule has 0 amide bonds. The molecule has 166 valence electrons. The minimum atomic E-state index is -0.175. The molecule has 4 rings (SSSR count). The van der Waals surface area contributed by atoms with E-state index in [9.17, 15) is 4.79 Å². The molecule has 0 radical (unpaired) electrons.